The predicted molar refractivity (Wildman–Crippen MR) is 301 cm³/mol. The number of ether oxygens (including phenoxy) is 1. The molecule has 0 radical (unpaired) electrons. The van der Waals surface area contributed by atoms with Crippen LogP contribution in [0.4, 0.5) is 0 Å². The van der Waals surface area contributed by atoms with Gasteiger partial charge in [0.25, 0.3) is 0 Å². The molecule has 0 aromatic heterocycles. The van der Waals surface area contributed by atoms with Gasteiger partial charge in [0.2, 0.25) is 5.91 Å². The van der Waals surface area contributed by atoms with E-state index in [4.69, 9.17) is 4.74 Å². The van der Waals surface area contributed by atoms with Crippen LogP contribution in [0.2, 0.25) is 0 Å². The van der Waals surface area contributed by atoms with Crippen molar-refractivity contribution >= 4 is 11.9 Å². The zero-order valence-corrected chi connectivity index (χ0v) is 46.6. The Labute approximate surface area is 431 Å². The quantitative estimate of drug-likeness (QED) is 0.0321. The maximum atomic E-state index is 12.5. The van der Waals surface area contributed by atoms with E-state index in [1.807, 2.05) is 6.08 Å². The summed E-state index contributed by atoms with van der Waals surface area (Å²) in [6.07, 6.45) is 72.2. The predicted octanol–water partition coefficient (Wildman–Crippen LogP) is 19.4. The van der Waals surface area contributed by atoms with E-state index in [-0.39, 0.29) is 18.5 Å². The van der Waals surface area contributed by atoms with Crippen LogP contribution >= 0.6 is 0 Å². The molecule has 1 amide bonds. The molecule has 69 heavy (non-hydrogen) atoms. The molecule has 0 aromatic rings. The fourth-order valence-electron chi connectivity index (χ4n) is 9.69. The zero-order valence-electron chi connectivity index (χ0n) is 46.6. The van der Waals surface area contributed by atoms with Gasteiger partial charge < -0.3 is 20.3 Å². The van der Waals surface area contributed by atoms with E-state index in [2.05, 4.69) is 31.3 Å². The highest BCUT2D eigenvalue weighted by Gasteiger charge is 2.18. The van der Waals surface area contributed by atoms with Crippen molar-refractivity contribution in [2.75, 3.05) is 13.2 Å². The van der Waals surface area contributed by atoms with Crippen LogP contribution in [0.25, 0.3) is 0 Å². The Bertz CT molecular complexity index is 1080. The van der Waals surface area contributed by atoms with Gasteiger partial charge in [0, 0.05) is 12.8 Å². The lowest BCUT2D eigenvalue weighted by Crippen LogP contribution is -2.45. The third-order valence-electron chi connectivity index (χ3n) is 14.5. The minimum Gasteiger partial charge on any atom is -0.466 e. The minimum atomic E-state index is -0.853. The van der Waals surface area contributed by atoms with Crippen LogP contribution in [0.3, 0.4) is 0 Å². The normalized spacial score (nSPS) is 12.7. The van der Waals surface area contributed by atoms with Crippen molar-refractivity contribution < 1.29 is 24.5 Å². The number of rotatable bonds is 58. The van der Waals surface area contributed by atoms with Crippen molar-refractivity contribution in [2.24, 2.45) is 0 Å². The maximum absolute atomic E-state index is 12.5. The SMILES string of the molecule is CCCCCCCCCCCCCCCCCCCCCCCC/C=C/C(O)C(CO)NC(=O)CCCCCCCCC/C=C\CCCCCCCCOC(=O)CCCCCCCCCCCCC. The summed E-state index contributed by atoms with van der Waals surface area (Å²) in [7, 11) is 0. The number of esters is 1. The maximum Gasteiger partial charge on any atom is 0.305 e. The lowest BCUT2D eigenvalue weighted by atomic mass is 10.0. The number of hydrogen-bond donors (Lipinski definition) is 3. The molecule has 0 saturated heterocycles. The fourth-order valence-corrected chi connectivity index (χ4v) is 9.69. The van der Waals surface area contributed by atoms with Gasteiger partial charge >= 0.3 is 5.97 Å². The van der Waals surface area contributed by atoms with Crippen molar-refractivity contribution in [3.05, 3.63) is 24.3 Å². The van der Waals surface area contributed by atoms with E-state index in [0.29, 0.717) is 19.4 Å². The highest BCUT2D eigenvalue weighted by Crippen LogP contribution is 2.17. The van der Waals surface area contributed by atoms with Crippen molar-refractivity contribution in [1.82, 2.24) is 5.32 Å². The molecule has 0 aliphatic rings. The van der Waals surface area contributed by atoms with E-state index in [0.717, 1.165) is 57.8 Å². The highest BCUT2D eigenvalue weighted by atomic mass is 16.5. The van der Waals surface area contributed by atoms with E-state index >= 15 is 0 Å². The number of amides is 1. The van der Waals surface area contributed by atoms with Crippen molar-refractivity contribution in [1.29, 1.82) is 0 Å². The van der Waals surface area contributed by atoms with E-state index in [1.165, 1.54) is 257 Å². The molecule has 6 nitrogen and oxygen atoms in total. The second kappa shape index (κ2) is 58.9. The Morgan fingerprint density at radius 3 is 1.03 bits per heavy atom. The van der Waals surface area contributed by atoms with Crippen LogP contribution < -0.4 is 5.32 Å². The average Bonchev–Trinajstić information content (AvgIpc) is 3.35. The van der Waals surface area contributed by atoms with Crippen LogP contribution in [0, 0.1) is 0 Å². The first-order valence-electron chi connectivity index (χ1n) is 31.1. The second-order valence-corrected chi connectivity index (χ2v) is 21.4. The first-order chi connectivity index (χ1) is 34.0. The molecule has 0 aliphatic carbocycles. The molecule has 0 heterocycles. The molecule has 2 atom stereocenters. The van der Waals surface area contributed by atoms with Gasteiger partial charge in [-0.3, -0.25) is 9.59 Å². The lowest BCUT2D eigenvalue weighted by molar-refractivity contribution is -0.143. The molecule has 0 aromatic carbocycles. The van der Waals surface area contributed by atoms with Crippen molar-refractivity contribution in [2.45, 2.75) is 353 Å². The van der Waals surface area contributed by atoms with Crippen molar-refractivity contribution in [3.8, 4) is 0 Å². The Kier molecular flexibility index (Phi) is 57.5. The molecule has 0 bridgehead atoms. The van der Waals surface area contributed by atoms with Gasteiger partial charge in [-0.05, 0) is 57.8 Å². The van der Waals surface area contributed by atoms with Gasteiger partial charge in [0.15, 0.2) is 0 Å². The number of hydrogen-bond acceptors (Lipinski definition) is 5. The Hall–Kier alpha value is -1.66. The summed E-state index contributed by atoms with van der Waals surface area (Å²) in [4.78, 5) is 24.5. The van der Waals surface area contributed by atoms with Gasteiger partial charge in [-0.25, -0.2) is 0 Å². The molecule has 6 heteroatoms. The van der Waals surface area contributed by atoms with Crippen molar-refractivity contribution in [3.63, 3.8) is 0 Å². The van der Waals surface area contributed by atoms with Gasteiger partial charge in [-0.2, -0.15) is 0 Å². The molecular weight excluding hydrogens is 851 g/mol. The first-order valence-corrected chi connectivity index (χ1v) is 31.1. The van der Waals surface area contributed by atoms with E-state index in [9.17, 15) is 19.8 Å². The number of nitrogens with one attached hydrogen (secondary N) is 1. The summed E-state index contributed by atoms with van der Waals surface area (Å²) in [5.41, 5.74) is 0. The molecule has 0 fully saturated rings. The summed E-state index contributed by atoms with van der Waals surface area (Å²) in [6.45, 7) is 4.90. The van der Waals surface area contributed by atoms with Gasteiger partial charge in [-0.1, -0.05) is 295 Å². The summed E-state index contributed by atoms with van der Waals surface area (Å²) in [5, 5.41) is 23.2. The summed E-state index contributed by atoms with van der Waals surface area (Å²) < 4.78 is 5.45. The number of carbonyl (C=O) groups excluding carboxylic acids is 2. The third kappa shape index (κ3) is 55.5. The zero-order chi connectivity index (χ0) is 50.0. The number of carbonyl (C=O) groups is 2. The monoisotopic (exact) mass is 972 g/mol. The second-order valence-electron chi connectivity index (χ2n) is 21.4. The number of aliphatic hydroxyl groups excluding tert-OH is 2. The molecule has 2 unspecified atom stereocenters. The Morgan fingerprint density at radius 2 is 0.681 bits per heavy atom. The summed E-state index contributed by atoms with van der Waals surface area (Å²) >= 11 is 0. The molecular formula is C63H121NO5. The lowest BCUT2D eigenvalue weighted by Gasteiger charge is -2.20. The van der Waals surface area contributed by atoms with Crippen LogP contribution in [0.5, 0.6) is 0 Å². The molecule has 0 aliphatic heterocycles. The summed E-state index contributed by atoms with van der Waals surface area (Å²) in [5.74, 6) is -0.0791. The number of unbranched alkanes of at least 4 members (excludes halogenated alkanes) is 45. The van der Waals surface area contributed by atoms with E-state index in [1.54, 1.807) is 6.08 Å². The number of aliphatic hydroxyl groups is 2. The topological polar surface area (TPSA) is 95.9 Å². The third-order valence-corrected chi connectivity index (χ3v) is 14.5. The summed E-state index contributed by atoms with van der Waals surface area (Å²) in [6, 6.07) is -0.638. The smallest absolute Gasteiger partial charge is 0.305 e. The van der Waals surface area contributed by atoms with Crippen LogP contribution in [-0.4, -0.2) is 47.4 Å². The first kappa shape index (κ1) is 67.3. The van der Waals surface area contributed by atoms with Crippen LogP contribution in [0.15, 0.2) is 24.3 Å². The van der Waals surface area contributed by atoms with Gasteiger partial charge in [0.05, 0.1) is 25.4 Å². The van der Waals surface area contributed by atoms with Crippen LogP contribution in [-0.2, 0) is 14.3 Å². The Balaban J connectivity index is 3.49. The number of allylic oxidation sites excluding steroid dienone is 3. The van der Waals surface area contributed by atoms with Gasteiger partial charge in [-0.15, -0.1) is 0 Å². The molecule has 0 spiro atoms. The molecule has 0 rings (SSSR count). The Morgan fingerprint density at radius 1 is 0.391 bits per heavy atom. The van der Waals surface area contributed by atoms with E-state index < -0.39 is 12.1 Å². The average molecular weight is 973 g/mol. The molecule has 408 valence electrons. The standard InChI is InChI=1S/C63H121NO5/c1-3-5-7-9-11-13-15-16-17-18-19-20-21-22-23-24-26-29-32-36-39-43-47-51-55-61(66)60(59-65)64-62(67)56-52-48-44-40-37-33-30-27-25-28-31-34-38-42-46-50-54-58-69-63(68)57-53-49-45-41-35-14-12-10-8-6-4-2/h25,28,51,55,60-61,65-66H,3-24,26-27,29-50,52-54,56-59H2,1-2H3,(H,64,67)/b28-25-,55-51+. The molecule has 0 saturated carbocycles. The fraction of sp³-hybridized carbons (Fsp3) is 0.905. The van der Waals surface area contributed by atoms with Crippen LogP contribution in [0.1, 0.15) is 341 Å². The highest BCUT2D eigenvalue weighted by molar-refractivity contribution is 5.76. The van der Waals surface area contributed by atoms with Gasteiger partial charge in [0.1, 0.15) is 0 Å². The largest absolute Gasteiger partial charge is 0.466 e. The molecule has 3 N–H and O–H groups in total. The minimum absolute atomic E-state index is 0.00250.